The average Bonchev–Trinajstić information content (AvgIpc) is 2.36. The molecule has 2 heteroatoms. The summed E-state index contributed by atoms with van der Waals surface area (Å²) < 4.78 is 0. The van der Waals surface area contributed by atoms with Crippen LogP contribution in [0.25, 0.3) is 0 Å². The van der Waals surface area contributed by atoms with Crippen molar-refractivity contribution in [3.63, 3.8) is 0 Å². The molecule has 2 aliphatic carbocycles. The fourth-order valence-corrected chi connectivity index (χ4v) is 2.39. The van der Waals surface area contributed by atoms with Gasteiger partial charge in [-0.2, -0.15) is 0 Å². The number of rotatable bonds is 1. The molecule has 0 aromatic carbocycles. The lowest BCUT2D eigenvalue weighted by Gasteiger charge is -2.18. The molecule has 0 radical (unpaired) electrons. The second kappa shape index (κ2) is 1.45. The van der Waals surface area contributed by atoms with Crippen LogP contribution in [0.2, 0.25) is 0 Å². The molecule has 10 heavy (non-hydrogen) atoms. The molecule has 1 unspecified atom stereocenters. The fourth-order valence-electron chi connectivity index (χ4n) is 2.39. The lowest BCUT2D eigenvalue weighted by Crippen LogP contribution is -2.22. The number of hydrogen-bond acceptors (Lipinski definition) is 2. The smallest absolute Gasteiger partial charge is 0.126 e. The number of aldehydes is 1. The van der Waals surface area contributed by atoms with Gasteiger partial charge >= 0.3 is 0 Å². The van der Waals surface area contributed by atoms with Gasteiger partial charge in [-0.1, -0.05) is 0 Å². The Balaban J connectivity index is 2.17. The molecule has 0 bridgehead atoms. The molecule has 0 saturated heterocycles. The first-order valence-corrected chi connectivity index (χ1v) is 3.77. The second-order valence-corrected chi connectivity index (χ2v) is 4.13. The first kappa shape index (κ1) is 6.35. The van der Waals surface area contributed by atoms with Gasteiger partial charge < -0.3 is 9.90 Å². The molecule has 0 heterocycles. The predicted octanol–water partition coefficient (Wildman–Crippen LogP) is 0.736. The quantitative estimate of drug-likeness (QED) is 0.545. The van der Waals surface area contributed by atoms with Gasteiger partial charge in [-0.25, -0.2) is 0 Å². The molecule has 2 nitrogen and oxygen atoms in total. The average molecular weight is 140 g/mol. The van der Waals surface area contributed by atoms with Crippen molar-refractivity contribution in [2.45, 2.75) is 31.8 Å². The van der Waals surface area contributed by atoms with Crippen LogP contribution in [0, 0.1) is 11.3 Å². The van der Waals surface area contributed by atoms with E-state index in [0.717, 1.165) is 19.1 Å². The van der Waals surface area contributed by atoms with Crippen LogP contribution in [0.4, 0.5) is 0 Å². The van der Waals surface area contributed by atoms with Gasteiger partial charge in [0.15, 0.2) is 0 Å². The van der Waals surface area contributed by atoms with Crippen LogP contribution in [0.5, 0.6) is 0 Å². The third-order valence-electron chi connectivity index (χ3n) is 2.91. The number of hydrogen-bond donors (Lipinski definition) is 1. The van der Waals surface area contributed by atoms with Crippen LogP contribution >= 0.6 is 0 Å². The monoisotopic (exact) mass is 140 g/mol. The van der Waals surface area contributed by atoms with E-state index in [4.69, 9.17) is 0 Å². The van der Waals surface area contributed by atoms with Crippen LogP contribution in [-0.2, 0) is 4.79 Å². The first-order chi connectivity index (χ1) is 4.58. The van der Waals surface area contributed by atoms with Crippen LogP contribution in [0.3, 0.4) is 0 Å². The second-order valence-electron chi connectivity index (χ2n) is 4.13. The minimum absolute atomic E-state index is 0.0938. The summed E-state index contributed by atoms with van der Waals surface area (Å²) in [7, 11) is 0. The molecule has 2 fully saturated rings. The number of carbonyl (C=O) groups excluding carboxylic acids is 1. The minimum atomic E-state index is -0.552. The van der Waals surface area contributed by atoms with E-state index in [0.29, 0.717) is 12.3 Å². The zero-order valence-corrected chi connectivity index (χ0v) is 6.13. The van der Waals surface area contributed by atoms with Crippen LogP contribution in [0.15, 0.2) is 0 Å². The molecule has 0 aliphatic heterocycles. The summed E-state index contributed by atoms with van der Waals surface area (Å²) in [4.78, 5) is 10.5. The Hall–Kier alpha value is -0.370. The largest absolute Gasteiger partial charge is 0.390 e. The summed E-state index contributed by atoms with van der Waals surface area (Å²) in [5.74, 6) is 0.500. The Morgan fingerprint density at radius 2 is 2.30 bits per heavy atom. The summed E-state index contributed by atoms with van der Waals surface area (Å²) in [5.41, 5.74) is -0.646. The van der Waals surface area contributed by atoms with Gasteiger partial charge in [-0.15, -0.1) is 0 Å². The van der Waals surface area contributed by atoms with Crippen LogP contribution in [-0.4, -0.2) is 17.0 Å². The van der Waals surface area contributed by atoms with Gasteiger partial charge in [0.05, 0.1) is 5.60 Å². The normalized spacial score (nSPS) is 58.0. The third kappa shape index (κ3) is 0.655. The number of fused-ring (bicyclic) bond motifs is 1. The van der Waals surface area contributed by atoms with E-state index in [2.05, 4.69) is 0 Å². The van der Waals surface area contributed by atoms with Gasteiger partial charge in [0, 0.05) is 5.41 Å². The summed E-state index contributed by atoms with van der Waals surface area (Å²) in [6.07, 6.45) is 3.58. The molecule has 0 aromatic heterocycles. The van der Waals surface area contributed by atoms with Crippen LogP contribution < -0.4 is 0 Å². The molecular formula is C8H12O2. The van der Waals surface area contributed by atoms with Gasteiger partial charge in [0.1, 0.15) is 6.29 Å². The third-order valence-corrected chi connectivity index (χ3v) is 2.91. The van der Waals surface area contributed by atoms with E-state index < -0.39 is 5.60 Å². The standard InChI is InChI=1S/C8H12O2/c1-7(10)2-6-3-8(6,4-7)5-9/h5-6,10H,2-4H2,1H3/t6-,7-,8?/m1/s1. The van der Waals surface area contributed by atoms with Crippen molar-refractivity contribution < 1.29 is 9.90 Å². The topological polar surface area (TPSA) is 37.3 Å². The molecule has 0 amide bonds. The van der Waals surface area contributed by atoms with E-state index in [-0.39, 0.29) is 5.41 Å². The number of aliphatic hydroxyl groups is 1. The van der Waals surface area contributed by atoms with Crippen molar-refractivity contribution in [2.24, 2.45) is 11.3 Å². The van der Waals surface area contributed by atoms with E-state index in [1.807, 2.05) is 6.92 Å². The van der Waals surface area contributed by atoms with Crippen molar-refractivity contribution in [3.05, 3.63) is 0 Å². The Bertz CT molecular complexity index is 186. The summed E-state index contributed by atoms with van der Waals surface area (Å²) >= 11 is 0. The molecule has 56 valence electrons. The maximum absolute atomic E-state index is 10.5. The fraction of sp³-hybridized carbons (Fsp3) is 0.875. The highest BCUT2D eigenvalue weighted by atomic mass is 16.3. The number of carbonyl (C=O) groups is 1. The predicted molar refractivity (Wildman–Crippen MR) is 36.5 cm³/mol. The minimum Gasteiger partial charge on any atom is -0.390 e. The highest BCUT2D eigenvalue weighted by molar-refractivity contribution is 5.66. The van der Waals surface area contributed by atoms with Crippen molar-refractivity contribution in [3.8, 4) is 0 Å². The molecule has 0 aromatic rings. The summed E-state index contributed by atoms with van der Waals surface area (Å²) in [6, 6.07) is 0. The molecule has 2 aliphatic rings. The Labute approximate surface area is 60.2 Å². The van der Waals surface area contributed by atoms with E-state index in [1.54, 1.807) is 0 Å². The highest BCUT2D eigenvalue weighted by Gasteiger charge is 2.63. The van der Waals surface area contributed by atoms with Gasteiger partial charge in [-0.05, 0) is 32.1 Å². The van der Waals surface area contributed by atoms with Gasteiger partial charge in [0.2, 0.25) is 0 Å². The molecular weight excluding hydrogens is 128 g/mol. The molecule has 0 spiro atoms. The maximum Gasteiger partial charge on any atom is 0.126 e. The van der Waals surface area contributed by atoms with E-state index in [1.165, 1.54) is 0 Å². The zero-order valence-electron chi connectivity index (χ0n) is 6.13. The van der Waals surface area contributed by atoms with Crippen molar-refractivity contribution >= 4 is 6.29 Å². The summed E-state index contributed by atoms with van der Waals surface area (Å²) in [6.45, 7) is 1.82. The SMILES string of the molecule is C[C@@]1(O)C[C@@H]2CC2(C=O)C1. The Morgan fingerprint density at radius 3 is 2.60 bits per heavy atom. The van der Waals surface area contributed by atoms with E-state index >= 15 is 0 Å². The first-order valence-electron chi connectivity index (χ1n) is 3.77. The Kier molecular flexibility index (Phi) is 0.919. The molecule has 2 saturated carbocycles. The highest BCUT2D eigenvalue weighted by Crippen LogP contribution is 2.65. The lowest BCUT2D eigenvalue weighted by atomic mass is 9.96. The molecule has 1 N–H and O–H groups in total. The molecule has 3 atom stereocenters. The summed E-state index contributed by atoms with van der Waals surface area (Å²) in [5, 5.41) is 9.53. The van der Waals surface area contributed by atoms with Crippen molar-refractivity contribution in [1.29, 1.82) is 0 Å². The van der Waals surface area contributed by atoms with Gasteiger partial charge in [0.25, 0.3) is 0 Å². The van der Waals surface area contributed by atoms with E-state index in [9.17, 15) is 9.90 Å². The lowest BCUT2D eigenvalue weighted by molar-refractivity contribution is -0.113. The van der Waals surface area contributed by atoms with Crippen molar-refractivity contribution in [1.82, 2.24) is 0 Å². The Morgan fingerprint density at radius 1 is 1.60 bits per heavy atom. The zero-order chi connectivity index (χ0) is 7.41. The maximum atomic E-state index is 10.5. The van der Waals surface area contributed by atoms with Gasteiger partial charge in [-0.3, -0.25) is 0 Å². The molecule has 2 rings (SSSR count). The van der Waals surface area contributed by atoms with Crippen molar-refractivity contribution in [2.75, 3.05) is 0 Å². The van der Waals surface area contributed by atoms with Crippen LogP contribution in [0.1, 0.15) is 26.2 Å².